The second kappa shape index (κ2) is 9.33. The summed E-state index contributed by atoms with van der Waals surface area (Å²) in [7, 11) is 0. The molecule has 0 radical (unpaired) electrons. The van der Waals surface area contributed by atoms with Gasteiger partial charge in [0.05, 0.1) is 17.3 Å². The van der Waals surface area contributed by atoms with Gasteiger partial charge in [-0.05, 0) is 75.5 Å². The van der Waals surface area contributed by atoms with Crippen molar-refractivity contribution >= 4 is 28.5 Å². The first kappa shape index (κ1) is 23.2. The van der Waals surface area contributed by atoms with Gasteiger partial charge in [-0.2, -0.15) is 4.98 Å². The van der Waals surface area contributed by atoms with Crippen LogP contribution in [-0.4, -0.2) is 56.3 Å². The first-order chi connectivity index (χ1) is 17.5. The summed E-state index contributed by atoms with van der Waals surface area (Å²) in [5, 5.41) is 4.11. The summed E-state index contributed by atoms with van der Waals surface area (Å²) in [5.74, 6) is 1.25. The minimum Gasteiger partial charge on any atom is -0.470 e. The minimum absolute atomic E-state index is 0.176. The fourth-order valence-electron chi connectivity index (χ4n) is 4.69. The quantitative estimate of drug-likeness (QED) is 0.411. The number of hydrogen-bond donors (Lipinski definition) is 1. The van der Waals surface area contributed by atoms with Crippen LogP contribution in [-0.2, 0) is 6.54 Å². The van der Waals surface area contributed by atoms with Crippen molar-refractivity contribution in [1.82, 2.24) is 29.8 Å². The number of halogens is 1. The van der Waals surface area contributed by atoms with E-state index >= 15 is 0 Å². The Balaban J connectivity index is 1.45. The Morgan fingerprint density at radius 3 is 2.78 bits per heavy atom. The topological polar surface area (TPSA) is 81.0 Å². The maximum absolute atomic E-state index is 6.93. The van der Waals surface area contributed by atoms with E-state index in [1.165, 1.54) is 0 Å². The number of anilines is 1. The standard InChI is InChI=1S/C27H30ClN7O/c1-18-6-10-30-19(14-18)16-35-24(33-23-25(35)31-17-32-26(23)36-27(2)7-8-27)21-5-4-20(15-22(21)28)34-12-3-9-29-11-13-34/h4-6,10,14-15,17,29H,3,7-9,11-13,16H2,1-2H3. The molecule has 1 saturated heterocycles. The monoisotopic (exact) mass is 503 g/mol. The number of aromatic nitrogens is 5. The zero-order valence-electron chi connectivity index (χ0n) is 20.7. The Kier molecular flexibility index (Phi) is 6.01. The predicted molar refractivity (Wildman–Crippen MR) is 142 cm³/mol. The van der Waals surface area contributed by atoms with Crippen molar-refractivity contribution in [3.05, 3.63) is 59.1 Å². The fourth-order valence-corrected chi connectivity index (χ4v) is 4.95. The lowest BCUT2D eigenvalue weighted by Gasteiger charge is -2.23. The zero-order chi connectivity index (χ0) is 24.7. The molecule has 1 aliphatic carbocycles. The minimum atomic E-state index is -0.176. The number of imidazole rings is 1. The third kappa shape index (κ3) is 4.63. The number of pyridine rings is 1. The molecule has 1 saturated carbocycles. The molecule has 0 atom stereocenters. The van der Waals surface area contributed by atoms with E-state index in [4.69, 9.17) is 21.3 Å². The second-order valence-corrected chi connectivity index (χ2v) is 10.4. The Bertz CT molecular complexity index is 1410. The van der Waals surface area contributed by atoms with Crippen LogP contribution in [0.2, 0.25) is 5.02 Å². The van der Waals surface area contributed by atoms with E-state index in [9.17, 15) is 0 Å². The highest BCUT2D eigenvalue weighted by atomic mass is 35.5. The lowest BCUT2D eigenvalue weighted by atomic mass is 10.1. The number of hydrogen-bond acceptors (Lipinski definition) is 7. The lowest BCUT2D eigenvalue weighted by Crippen LogP contribution is -2.27. The van der Waals surface area contributed by atoms with Gasteiger partial charge < -0.3 is 19.5 Å². The van der Waals surface area contributed by atoms with Crippen molar-refractivity contribution in [3.8, 4) is 17.3 Å². The molecular formula is C27H30ClN7O. The molecule has 2 fully saturated rings. The first-order valence-electron chi connectivity index (χ1n) is 12.6. The lowest BCUT2D eigenvalue weighted by molar-refractivity contribution is 0.194. The van der Waals surface area contributed by atoms with Crippen LogP contribution in [0.25, 0.3) is 22.6 Å². The van der Waals surface area contributed by atoms with Crippen molar-refractivity contribution in [2.45, 2.75) is 45.3 Å². The van der Waals surface area contributed by atoms with E-state index in [1.54, 1.807) is 6.33 Å². The van der Waals surface area contributed by atoms with Gasteiger partial charge in [-0.1, -0.05) is 11.6 Å². The van der Waals surface area contributed by atoms with Crippen LogP contribution in [0.5, 0.6) is 5.88 Å². The molecular weight excluding hydrogens is 474 g/mol. The van der Waals surface area contributed by atoms with E-state index in [2.05, 4.69) is 61.8 Å². The molecule has 0 amide bonds. The van der Waals surface area contributed by atoms with Crippen molar-refractivity contribution in [1.29, 1.82) is 0 Å². The van der Waals surface area contributed by atoms with E-state index in [0.717, 1.165) is 73.8 Å². The normalized spacial score (nSPS) is 17.2. The van der Waals surface area contributed by atoms with Crippen LogP contribution in [0.1, 0.15) is 37.4 Å². The molecule has 186 valence electrons. The summed E-state index contributed by atoms with van der Waals surface area (Å²) in [6.07, 6.45) is 6.52. The molecule has 1 aromatic carbocycles. The summed E-state index contributed by atoms with van der Waals surface area (Å²) in [6, 6.07) is 10.3. The predicted octanol–water partition coefficient (Wildman–Crippen LogP) is 4.63. The van der Waals surface area contributed by atoms with Gasteiger partial charge in [0.2, 0.25) is 5.88 Å². The molecule has 4 heterocycles. The molecule has 3 aromatic heterocycles. The van der Waals surface area contributed by atoms with E-state index in [0.29, 0.717) is 28.6 Å². The van der Waals surface area contributed by atoms with E-state index in [1.807, 2.05) is 18.3 Å². The Hall–Kier alpha value is -3.23. The van der Waals surface area contributed by atoms with Gasteiger partial charge in [-0.3, -0.25) is 4.98 Å². The van der Waals surface area contributed by atoms with Crippen molar-refractivity contribution < 1.29 is 4.74 Å². The van der Waals surface area contributed by atoms with Crippen LogP contribution in [0.3, 0.4) is 0 Å². The highest BCUT2D eigenvalue weighted by Gasteiger charge is 2.41. The van der Waals surface area contributed by atoms with Crippen LogP contribution in [0.15, 0.2) is 42.9 Å². The maximum Gasteiger partial charge on any atom is 0.245 e. The van der Waals surface area contributed by atoms with Crippen LogP contribution >= 0.6 is 11.6 Å². The number of rotatable bonds is 6. The van der Waals surface area contributed by atoms with Gasteiger partial charge in [0, 0.05) is 37.1 Å². The zero-order valence-corrected chi connectivity index (χ0v) is 21.4. The van der Waals surface area contributed by atoms with Crippen LogP contribution in [0, 0.1) is 6.92 Å². The SMILES string of the molecule is Cc1ccnc(Cn2c(-c3ccc(N4CCCNCC4)cc3Cl)nc3c(OC4(C)CC4)ncnc32)c1. The number of nitrogens with zero attached hydrogens (tertiary/aromatic N) is 6. The average Bonchev–Trinajstić information content (AvgIpc) is 3.57. The molecule has 0 spiro atoms. The highest BCUT2D eigenvalue weighted by molar-refractivity contribution is 6.33. The molecule has 9 heteroatoms. The summed E-state index contributed by atoms with van der Waals surface area (Å²) >= 11 is 6.93. The maximum atomic E-state index is 6.93. The Morgan fingerprint density at radius 1 is 1.08 bits per heavy atom. The summed E-state index contributed by atoms with van der Waals surface area (Å²) in [4.78, 5) is 21.0. The third-order valence-corrected chi connectivity index (χ3v) is 7.30. The molecule has 6 rings (SSSR count). The van der Waals surface area contributed by atoms with Crippen LogP contribution in [0.4, 0.5) is 5.69 Å². The molecule has 0 unspecified atom stereocenters. The van der Waals surface area contributed by atoms with Gasteiger partial charge in [-0.15, -0.1) is 0 Å². The van der Waals surface area contributed by atoms with E-state index in [-0.39, 0.29) is 5.60 Å². The molecule has 1 aliphatic heterocycles. The third-order valence-electron chi connectivity index (χ3n) is 6.99. The number of ether oxygens (including phenoxy) is 1. The summed E-state index contributed by atoms with van der Waals surface area (Å²) in [6.45, 7) is 8.66. The first-order valence-corrected chi connectivity index (χ1v) is 12.9. The smallest absolute Gasteiger partial charge is 0.245 e. The largest absolute Gasteiger partial charge is 0.470 e. The second-order valence-electron chi connectivity index (χ2n) is 10.0. The van der Waals surface area contributed by atoms with Gasteiger partial charge in [-0.25, -0.2) is 9.97 Å². The Labute approximate surface area is 215 Å². The fraction of sp³-hybridized carbons (Fsp3) is 0.407. The number of aryl methyl sites for hydroxylation is 1. The van der Waals surface area contributed by atoms with E-state index < -0.39 is 0 Å². The molecule has 4 aromatic rings. The molecule has 36 heavy (non-hydrogen) atoms. The Morgan fingerprint density at radius 2 is 1.97 bits per heavy atom. The molecule has 1 N–H and O–H groups in total. The molecule has 2 aliphatic rings. The van der Waals surface area contributed by atoms with Crippen molar-refractivity contribution in [2.24, 2.45) is 0 Å². The van der Waals surface area contributed by atoms with Gasteiger partial charge >= 0.3 is 0 Å². The summed E-state index contributed by atoms with van der Waals surface area (Å²) in [5.41, 5.74) is 5.23. The van der Waals surface area contributed by atoms with Crippen molar-refractivity contribution in [2.75, 3.05) is 31.1 Å². The summed E-state index contributed by atoms with van der Waals surface area (Å²) < 4.78 is 8.32. The van der Waals surface area contributed by atoms with Gasteiger partial charge in [0.15, 0.2) is 11.2 Å². The van der Waals surface area contributed by atoms with Gasteiger partial charge in [0.1, 0.15) is 17.8 Å². The van der Waals surface area contributed by atoms with Crippen molar-refractivity contribution in [3.63, 3.8) is 0 Å². The molecule has 0 bridgehead atoms. The van der Waals surface area contributed by atoms with Crippen LogP contribution < -0.4 is 15.0 Å². The molecule has 8 nitrogen and oxygen atoms in total. The number of fused-ring (bicyclic) bond motifs is 1. The average molecular weight is 504 g/mol. The number of nitrogens with one attached hydrogen (secondary N) is 1. The van der Waals surface area contributed by atoms with Gasteiger partial charge in [0.25, 0.3) is 0 Å². The number of benzene rings is 1. The highest BCUT2D eigenvalue weighted by Crippen LogP contribution is 2.41.